The highest BCUT2D eigenvalue weighted by atomic mass is 16.5. The Morgan fingerprint density at radius 1 is 0.281 bits per heavy atom. The molecule has 0 aliphatic heterocycles. The largest absolute Gasteiger partial charge is 0.490 e. The topological polar surface area (TPSA) is 55.4 Å². The molecule has 0 unspecified atom stereocenters. The van der Waals surface area contributed by atoms with E-state index in [1.807, 2.05) is 0 Å². The molecule has 6 nitrogen and oxygen atoms in total. The second kappa shape index (κ2) is 32.2. The molecule has 0 saturated carbocycles. The molecule has 0 N–H and O–H groups in total. The molecular weight excluding hydrogens is 793 g/mol. The van der Waals surface area contributed by atoms with Crippen molar-refractivity contribution in [2.45, 2.75) is 215 Å². The summed E-state index contributed by atoms with van der Waals surface area (Å²) in [5.74, 6) is 5.32. The summed E-state index contributed by atoms with van der Waals surface area (Å²) in [6, 6.07) is 13.5. The predicted octanol–water partition coefficient (Wildman–Crippen LogP) is 18.3. The van der Waals surface area contributed by atoms with E-state index in [1.54, 1.807) is 0 Å². The van der Waals surface area contributed by atoms with Crippen molar-refractivity contribution in [2.75, 3.05) is 39.6 Å². The normalized spacial score (nSPS) is 12.0. The zero-order valence-electron chi connectivity index (χ0n) is 42.1. The van der Waals surface area contributed by atoms with Gasteiger partial charge in [0, 0.05) is 0 Å². The fourth-order valence-electron chi connectivity index (χ4n) is 8.48. The lowest BCUT2D eigenvalue weighted by atomic mass is 9.93. The van der Waals surface area contributed by atoms with Crippen molar-refractivity contribution in [3.8, 4) is 34.5 Å². The van der Waals surface area contributed by atoms with Crippen LogP contribution in [0.4, 0.5) is 0 Å². The van der Waals surface area contributed by atoms with Crippen LogP contribution < -0.4 is 28.4 Å². The summed E-state index contributed by atoms with van der Waals surface area (Å²) in [7, 11) is 0. The molecule has 0 saturated heterocycles. The van der Waals surface area contributed by atoms with Crippen molar-refractivity contribution in [1.29, 1.82) is 0 Å². The number of ether oxygens (including phenoxy) is 6. The predicted molar refractivity (Wildman–Crippen MR) is 275 cm³/mol. The van der Waals surface area contributed by atoms with Gasteiger partial charge < -0.3 is 28.4 Å². The molecule has 0 heterocycles. The summed E-state index contributed by atoms with van der Waals surface area (Å²) in [5, 5.41) is 6.72. The molecule has 0 radical (unpaired) electrons. The Bertz CT molecular complexity index is 1800. The molecule has 4 aromatic rings. The number of hydrogen-bond donors (Lipinski definition) is 0. The third-order valence-corrected chi connectivity index (χ3v) is 12.9. The van der Waals surface area contributed by atoms with Crippen LogP contribution in [-0.2, 0) is 0 Å². The molecule has 0 aliphatic rings. The first-order valence-electron chi connectivity index (χ1n) is 26.8. The minimum absolute atomic E-state index is 0.427. The molecule has 0 amide bonds. The van der Waals surface area contributed by atoms with E-state index in [9.17, 15) is 0 Å². The Hall–Kier alpha value is -3.54. The SMILES string of the molecule is CCCCCCCOc1cc2c3cc(OCCCCCCC)c(OCCCCCCC)cc3c3cc(OC[C@@H](C)CC)c(OCCCCCCC)cc3c2cc1OCCCCCCC. The van der Waals surface area contributed by atoms with E-state index in [0.29, 0.717) is 45.6 Å². The molecule has 0 aliphatic carbocycles. The number of benzene rings is 4. The van der Waals surface area contributed by atoms with Gasteiger partial charge in [0.2, 0.25) is 0 Å². The Morgan fingerprint density at radius 3 is 0.688 bits per heavy atom. The van der Waals surface area contributed by atoms with Crippen LogP contribution in [0, 0.1) is 5.92 Å². The minimum Gasteiger partial charge on any atom is -0.490 e. The van der Waals surface area contributed by atoms with Crippen molar-refractivity contribution in [1.82, 2.24) is 0 Å². The van der Waals surface area contributed by atoms with E-state index in [2.05, 4.69) is 84.9 Å². The fourth-order valence-corrected chi connectivity index (χ4v) is 8.48. The fraction of sp³-hybridized carbons (Fsp3) is 0.690. The van der Waals surface area contributed by atoms with E-state index < -0.39 is 0 Å². The Morgan fingerprint density at radius 2 is 0.484 bits per heavy atom. The maximum Gasteiger partial charge on any atom is 0.161 e. The van der Waals surface area contributed by atoms with Gasteiger partial charge in [-0.1, -0.05) is 183 Å². The molecule has 6 heteroatoms. The highest BCUT2D eigenvalue weighted by molar-refractivity contribution is 6.26. The maximum absolute atomic E-state index is 6.72. The first-order valence-corrected chi connectivity index (χ1v) is 26.8. The van der Waals surface area contributed by atoms with Crippen LogP contribution in [0.25, 0.3) is 32.3 Å². The Balaban J connectivity index is 1.93. The van der Waals surface area contributed by atoms with E-state index in [4.69, 9.17) is 28.4 Å². The summed E-state index contributed by atoms with van der Waals surface area (Å²) in [6.45, 7) is 19.8. The van der Waals surface area contributed by atoms with Gasteiger partial charge in [0.15, 0.2) is 34.5 Å². The average Bonchev–Trinajstić information content (AvgIpc) is 3.31. The van der Waals surface area contributed by atoms with Crippen molar-refractivity contribution < 1.29 is 28.4 Å². The van der Waals surface area contributed by atoms with Crippen LogP contribution in [0.15, 0.2) is 36.4 Å². The molecular formula is C58H92O6. The molecule has 0 spiro atoms. The zero-order chi connectivity index (χ0) is 45.6. The average molecular weight is 885 g/mol. The standard InChI is InChI=1S/C58H92O6/c1-8-14-19-24-29-34-59-53-39-47-48-40-54(60-35-30-25-20-15-9-2)56(62-37-32-27-22-17-11-4)42-50(48)52-44-58(64-45-46(7)13-6)57(63-38-33-28-23-18-12-5)43-51(52)49(47)41-55(53)61-36-31-26-21-16-10-3/h39-44,46H,8-38,45H2,1-7H3/t46-/m0/s1. The second-order valence-electron chi connectivity index (χ2n) is 18.7. The van der Waals surface area contributed by atoms with E-state index in [0.717, 1.165) is 105 Å². The highest BCUT2D eigenvalue weighted by Crippen LogP contribution is 2.47. The number of fused-ring (bicyclic) bond motifs is 6. The molecule has 0 fully saturated rings. The van der Waals surface area contributed by atoms with Gasteiger partial charge in [-0.2, -0.15) is 0 Å². The third kappa shape index (κ3) is 18.0. The van der Waals surface area contributed by atoms with Crippen LogP contribution in [0.1, 0.15) is 215 Å². The summed E-state index contributed by atoms with van der Waals surface area (Å²) < 4.78 is 40.3. The molecule has 4 rings (SSSR count). The molecule has 360 valence electrons. The third-order valence-electron chi connectivity index (χ3n) is 12.9. The Labute approximate surface area is 391 Å². The van der Waals surface area contributed by atoms with Gasteiger partial charge in [-0.3, -0.25) is 0 Å². The van der Waals surface area contributed by atoms with Crippen molar-refractivity contribution in [3.63, 3.8) is 0 Å². The summed E-state index contributed by atoms with van der Waals surface area (Å²) in [6.07, 6.45) is 30.8. The van der Waals surface area contributed by atoms with E-state index in [1.165, 1.54) is 128 Å². The lowest BCUT2D eigenvalue weighted by Crippen LogP contribution is -2.09. The van der Waals surface area contributed by atoms with Crippen LogP contribution in [-0.4, -0.2) is 39.6 Å². The smallest absolute Gasteiger partial charge is 0.161 e. The van der Waals surface area contributed by atoms with Crippen molar-refractivity contribution >= 4 is 32.3 Å². The maximum atomic E-state index is 6.72. The lowest BCUT2D eigenvalue weighted by molar-refractivity contribution is 0.233. The van der Waals surface area contributed by atoms with Crippen LogP contribution in [0.2, 0.25) is 0 Å². The molecule has 1 atom stereocenters. The first-order chi connectivity index (χ1) is 31.5. The second-order valence-corrected chi connectivity index (χ2v) is 18.7. The lowest BCUT2D eigenvalue weighted by Gasteiger charge is -2.21. The zero-order valence-corrected chi connectivity index (χ0v) is 42.1. The van der Waals surface area contributed by atoms with Gasteiger partial charge in [-0.15, -0.1) is 0 Å². The molecule has 0 aromatic heterocycles. The highest BCUT2D eigenvalue weighted by Gasteiger charge is 2.21. The van der Waals surface area contributed by atoms with Crippen molar-refractivity contribution in [3.05, 3.63) is 36.4 Å². The quantitative estimate of drug-likeness (QED) is 0.0329. The van der Waals surface area contributed by atoms with E-state index >= 15 is 0 Å². The summed E-state index contributed by atoms with van der Waals surface area (Å²) >= 11 is 0. The van der Waals surface area contributed by atoms with E-state index in [-0.39, 0.29) is 0 Å². The van der Waals surface area contributed by atoms with Crippen molar-refractivity contribution in [2.24, 2.45) is 5.92 Å². The monoisotopic (exact) mass is 885 g/mol. The molecule has 64 heavy (non-hydrogen) atoms. The molecule has 4 aromatic carbocycles. The molecule has 0 bridgehead atoms. The van der Waals surface area contributed by atoms with Gasteiger partial charge in [0.1, 0.15) is 0 Å². The minimum atomic E-state index is 0.427. The Kier molecular flexibility index (Phi) is 26.7. The number of hydrogen-bond acceptors (Lipinski definition) is 6. The summed E-state index contributed by atoms with van der Waals surface area (Å²) in [5.41, 5.74) is 0. The van der Waals surface area contributed by atoms with Crippen LogP contribution >= 0.6 is 0 Å². The van der Waals surface area contributed by atoms with Crippen LogP contribution in [0.5, 0.6) is 34.5 Å². The van der Waals surface area contributed by atoms with Gasteiger partial charge in [0.25, 0.3) is 0 Å². The number of rotatable bonds is 39. The van der Waals surface area contributed by atoms with Crippen LogP contribution in [0.3, 0.4) is 0 Å². The van der Waals surface area contributed by atoms with Gasteiger partial charge in [-0.25, -0.2) is 0 Å². The van der Waals surface area contributed by atoms with Gasteiger partial charge in [-0.05, 0) is 107 Å². The van der Waals surface area contributed by atoms with Gasteiger partial charge >= 0.3 is 0 Å². The van der Waals surface area contributed by atoms with Gasteiger partial charge in [0.05, 0.1) is 39.6 Å². The first kappa shape index (κ1) is 53.1. The number of unbranched alkanes of at least 4 members (excludes halogenated alkanes) is 20. The summed E-state index contributed by atoms with van der Waals surface area (Å²) in [4.78, 5) is 0.